The van der Waals surface area contributed by atoms with E-state index in [1.165, 1.54) is 0 Å². The normalized spacial score (nSPS) is 24.1. The summed E-state index contributed by atoms with van der Waals surface area (Å²) in [5, 5.41) is 5.98. The van der Waals surface area contributed by atoms with Crippen LogP contribution in [0.15, 0.2) is 6.07 Å². The van der Waals surface area contributed by atoms with Gasteiger partial charge in [-0.25, -0.2) is 4.98 Å². The predicted molar refractivity (Wildman–Crippen MR) is 94.6 cm³/mol. The van der Waals surface area contributed by atoms with Crippen LogP contribution in [0.1, 0.15) is 38.8 Å². The molecule has 0 radical (unpaired) electrons. The molecule has 0 unspecified atom stereocenters. The van der Waals surface area contributed by atoms with Crippen molar-refractivity contribution in [1.82, 2.24) is 15.3 Å². The van der Waals surface area contributed by atoms with Gasteiger partial charge < -0.3 is 15.5 Å². The van der Waals surface area contributed by atoms with Gasteiger partial charge in [-0.3, -0.25) is 0 Å². The Hall–Kier alpha value is -1.64. The van der Waals surface area contributed by atoms with Crippen molar-refractivity contribution in [3.63, 3.8) is 0 Å². The molecule has 0 spiro atoms. The lowest BCUT2D eigenvalue weighted by Crippen LogP contribution is -2.39. The summed E-state index contributed by atoms with van der Waals surface area (Å²) in [5.41, 5.74) is -0.958. The highest BCUT2D eigenvalue weighted by Crippen LogP contribution is 2.32. The minimum Gasteiger partial charge on any atom is -0.360 e. The first-order valence-corrected chi connectivity index (χ1v) is 8.90. The summed E-state index contributed by atoms with van der Waals surface area (Å²) in [5.74, 6) is 0.982. The minimum atomic E-state index is -4.54. The molecule has 2 N–H and O–H groups in total. The third kappa shape index (κ3) is 4.93. The van der Waals surface area contributed by atoms with Gasteiger partial charge in [0.2, 0.25) is 5.95 Å². The van der Waals surface area contributed by atoms with Crippen LogP contribution in [0.2, 0.25) is 0 Å². The van der Waals surface area contributed by atoms with E-state index in [2.05, 4.69) is 34.4 Å². The van der Waals surface area contributed by atoms with Gasteiger partial charge in [0.05, 0.1) is 0 Å². The van der Waals surface area contributed by atoms with Crippen LogP contribution in [0.5, 0.6) is 0 Å². The number of piperidine rings is 1. The fourth-order valence-electron chi connectivity index (χ4n) is 3.20. The van der Waals surface area contributed by atoms with Crippen LogP contribution < -0.4 is 15.5 Å². The number of rotatable bonds is 3. The largest absolute Gasteiger partial charge is 0.433 e. The molecule has 2 aliphatic rings. The number of hydrogen-bond acceptors (Lipinski definition) is 4. The molecule has 3 rings (SSSR count). The summed E-state index contributed by atoms with van der Waals surface area (Å²) in [6.45, 7) is 5.57. The molecule has 2 fully saturated rings. The number of halogens is 3. The van der Waals surface area contributed by atoms with Gasteiger partial charge in [0.1, 0.15) is 5.82 Å². The number of hydrogen-bond donors (Lipinski definition) is 2. The van der Waals surface area contributed by atoms with Gasteiger partial charge in [-0.15, -0.1) is 0 Å². The monoisotopic (exact) mass is 373 g/mol. The maximum absolute atomic E-state index is 13.2. The summed E-state index contributed by atoms with van der Waals surface area (Å²) in [6, 6.07) is 1.32. The standard InChI is InChI=1S/C16H22F3N5S/c1-9-5-10(2)8-24(7-9)13-6-12(16(17,18)19)21-14(22-13)23-15(25)20-11-3-4-11/h6,9-11H,3-5,7-8H2,1-2H3,(H2,20,21,22,23,25)/t9-,10-/m0/s1. The number of thiocarbonyl (C=S) groups is 1. The Balaban J connectivity index is 1.85. The smallest absolute Gasteiger partial charge is 0.360 e. The zero-order valence-corrected chi connectivity index (χ0v) is 15.0. The number of anilines is 2. The Labute approximate surface area is 150 Å². The number of nitrogens with zero attached hydrogens (tertiary/aromatic N) is 3. The van der Waals surface area contributed by atoms with Crippen LogP contribution in [0.25, 0.3) is 0 Å². The van der Waals surface area contributed by atoms with Crippen LogP contribution >= 0.6 is 12.2 Å². The maximum Gasteiger partial charge on any atom is 0.433 e. The molecule has 2 atom stereocenters. The van der Waals surface area contributed by atoms with E-state index < -0.39 is 11.9 Å². The number of aromatic nitrogens is 2. The highest BCUT2D eigenvalue weighted by Gasteiger charge is 2.35. The quantitative estimate of drug-likeness (QED) is 0.792. The zero-order chi connectivity index (χ0) is 18.2. The summed E-state index contributed by atoms with van der Waals surface area (Å²) < 4.78 is 39.7. The minimum absolute atomic E-state index is 0.117. The van der Waals surface area contributed by atoms with E-state index in [9.17, 15) is 13.2 Å². The first kappa shape index (κ1) is 18.2. The van der Waals surface area contributed by atoms with Crippen LogP contribution in [0.4, 0.5) is 24.9 Å². The van der Waals surface area contributed by atoms with Gasteiger partial charge in [-0.2, -0.15) is 18.2 Å². The molecular weight excluding hydrogens is 351 g/mol. The lowest BCUT2D eigenvalue weighted by atomic mass is 9.92. The van der Waals surface area contributed by atoms with Crippen molar-refractivity contribution in [1.29, 1.82) is 0 Å². The molecule has 9 heteroatoms. The summed E-state index contributed by atoms with van der Waals surface area (Å²) in [7, 11) is 0. The Bertz CT molecular complexity index is 637. The highest BCUT2D eigenvalue weighted by atomic mass is 32.1. The molecule has 0 bridgehead atoms. The topological polar surface area (TPSA) is 53.1 Å². The van der Waals surface area contributed by atoms with Crippen molar-refractivity contribution in [2.45, 2.75) is 45.3 Å². The first-order chi connectivity index (χ1) is 11.7. The molecule has 1 aliphatic carbocycles. The second-order valence-corrected chi connectivity index (χ2v) is 7.56. The van der Waals surface area contributed by atoms with Crippen molar-refractivity contribution in [3.05, 3.63) is 11.8 Å². The molecular formula is C16H22F3N5S. The van der Waals surface area contributed by atoms with E-state index >= 15 is 0 Å². The second-order valence-electron chi connectivity index (χ2n) is 7.16. The third-order valence-electron chi connectivity index (χ3n) is 4.33. The Morgan fingerprint density at radius 2 is 1.84 bits per heavy atom. The molecule has 1 saturated heterocycles. The van der Waals surface area contributed by atoms with Crippen LogP contribution in [-0.4, -0.2) is 34.2 Å². The number of nitrogens with one attached hydrogen (secondary N) is 2. The molecule has 138 valence electrons. The molecule has 1 aliphatic heterocycles. The molecule has 2 heterocycles. The van der Waals surface area contributed by atoms with Gasteiger partial charge in [-0.1, -0.05) is 13.8 Å². The van der Waals surface area contributed by atoms with Crippen molar-refractivity contribution in [2.24, 2.45) is 11.8 Å². The van der Waals surface area contributed by atoms with Gasteiger partial charge >= 0.3 is 6.18 Å². The molecule has 1 saturated carbocycles. The summed E-state index contributed by atoms with van der Waals surface area (Å²) in [4.78, 5) is 9.79. The second kappa shape index (κ2) is 6.93. The molecule has 1 aromatic rings. The lowest BCUT2D eigenvalue weighted by Gasteiger charge is -2.36. The van der Waals surface area contributed by atoms with E-state index in [1.807, 2.05) is 4.90 Å². The highest BCUT2D eigenvalue weighted by molar-refractivity contribution is 7.80. The molecule has 0 amide bonds. The van der Waals surface area contributed by atoms with E-state index in [1.54, 1.807) is 0 Å². The zero-order valence-electron chi connectivity index (χ0n) is 14.2. The summed E-state index contributed by atoms with van der Waals surface area (Å²) >= 11 is 5.13. The fourth-order valence-corrected chi connectivity index (χ4v) is 3.46. The molecule has 0 aromatic carbocycles. The van der Waals surface area contributed by atoms with Crippen molar-refractivity contribution in [3.8, 4) is 0 Å². The Morgan fingerprint density at radius 1 is 1.20 bits per heavy atom. The van der Waals surface area contributed by atoms with E-state index in [0.717, 1.165) is 25.3 Å². The van der Waals surface area contributed by atoms with Crippen LogP contribution in [0, 0.1) is 11.8 Å². The van der Waals surface area contributed by atoms with E-state index in [-0.39, 0.29) is 16.9 Å². The first-order valence-electron chi connectivity index (χ1n) is 8.49. The van der Waals surface area contributed by atoms with E-state index in [0.29, 0.717) is 31.0 Å². The molecule has 5 nitrogen and oxygen atoms in total. The van der Waals surface area contributed by atoms with Crippen molar-refractivity contribution < 1.29 is 13.2 Å². The average molecular weight is 373 g/mol. The van der Waals surface area contributed by atoms with Crippen molar-refractivity contribution >= 4 is 29.1 Å². The SMILES string of the molecule is C[C@H]1C[C@H](C)CN(c2cc(C(F)(F)F)nc(NC(=S)NC3CC3)n2)C1. The van der Waals surface area contributed by atoms with Gasteiger partial charge in [-0.05, 0) is 43.3 Å². The predicted octanol–water partition coefficient (Wildman–Crippen LogP) is 3.43. The molecule has 1 aromatic heterocycles. The average Bonchev–Trinajstić information content (AvgIpc) is 3.28. The van der Waals surface area contributed by atoms with Gasteiger partial charge in [0, 0.05) is 25.2 Å². The third-order valence-corrected chi connectivity index (χ3v) is 4.55. The summed E-state index contributed by atoms with van der Waals surface area (Å²) in [6.07, 6.45) is -1.44. The lowest BCUT2D eigenvalue weighted by molar-refractivity contribution is -0.141. The molecule has 25 heavy (non-hydrogen) atoms. The fraction of sp³-hybridized carbons (Fsp3) is 0.688. The van der Waals surface area contributed by atoms with Crippen LogP contribution in [0.3, 0.4) is 0 Å². The number of alkyl halides is 3. The Morgan fingerprint density at radius 3 is 2.40 bits per heavy atom. The van der Waals surface area contributed by atoms with Gasteiger partial charge in [0.15, 0.2) is 10.8 Å². The maximum atomic E-state index is 13.2. The van der Waals surface area contributed by atoms with Crippen molar-refractivity contribution in [2.75, 3.05) is 23.3 Å². The van der Waals surface area contributed by atoms with E-state index in [4.69, 9.17) is 12.2 Å². The van der Waals surface area contributed by atoms with Crippen LogP contribution in [-0.2, 0) is 6.18 Å². The van der Waals surface area contributed by atoms with Gasteiger partial charge in [0.25, 0.3) is 0 Å². The Kier molecular flexibility index (Phi) is 5.04.